The van der Waals surface area contributed by atoms with Crippen LogP contribution in [0.1, 0.15) is 25.2 Å². The van der Waals surface area contributed by atoms with Gasteiger partial charge in [0, 0.05) is 33.2 Å². The monoisotopic (exact) mass is 357 g/mol. The molecule has 0 fully saturated rings. The van der Waals surface area contributed by atoms with Crippen LogP contribution in [0.3, 0.4) is 0 Å². The molecule has 1 atom stereocenters. The molecule has 0 spiro atoms. The van der Waals surface area contributed by atoms with Crippen LogP contribution in [0, 0.1) is 0 Å². The number of guanidine groups is 1. The lowest BCUT2D eigenvalue weighted by Crippen LogP contribution is -2.40. The first-order chi connectivity index (χ1) is 12.5. The Kier molecular flexibility index (Phi) is 7.59. The van der Waals surface area contributed by atoms with Crippen molar-refractivity contribution >= 4 is 5.96 Å². The van der Waals surface area contributed by atoms with E-state index < -0.39 is 0 Å². The maximum absolute atomic E-state index is 4.82. The molecule has 1 aromatic heterocycles. The summed E-state index contributed by atoms with van der Waals surface area (Å²) in [6.07, 6.45) is 1.58. The zero-order valence-corrected chi connectivity index (χ0v) is 16.6. The summed E-state index contributed by atoms with van der Waals surface area (Å²) >= 11 is 0. The molecule has 26 heavy (non-hydrogen) atoms. The Morgan fingerprint density at radius 1 is 1.23 bits per heavy atom. The SMILES string of the molecule is CCNC(=NCC(C)N(C)Cc1ccccc1)N(C)Cc1ncnn1C. The van der Waals surface area contributed by atoms with Crippen LogP contribution in [-0.4, -0.2) is 63.8 Å². The maximum atomic E-state index is 4.82. The Morgan fingerprint density at radius 2 is 1.96 bits per heavy atom. The molecule has 1 heterocycles. The Balaban J connectivity index is 1.95. The van der Waals surface area contributed by atoms with E-state index >= 15 is 0 Å². The second-order valence-electron chi connectivity index (χ2n) is 6.60. The molecule has 0 saturated heterocycles. The lowest BCUT2D eigenvalue weighted by atomic mass is 10.2. The minimum absolute atomic E-state index is 0.340. The summed E-state index contributed by atoms with van der Waals surface area (Å²) < 4.78 is 1.79. The van der Waals surface area contributed by atoms with Crippen LogP contribution in [0.5, 0.6) is 0 Å². The van der Waals surface area contributed by atoms with Crippen LogP contribution in [-0.2, 0) is 20.1 Å². The molecule has 2 aromatic rings. The van der Waals surface area contributed by atoms with E-state index in [-0.39, 0.29) is 0 Å². The van der Waals surface area contributed by atoms with Crippen molar-refractivity contribution in [1.82, 2.24) is 29.9 Å². The molecule has 0 aliphatic heterocycles. The molecule has 0 amide bonds. The highest BCUT2D eigenvalue weighted by molar-refractivity contribution is 5.79. The molecule has 1 N–H and O–H groups in total. The van der Waals surface area contributed by atoms with Gasteiger partial charge in [-0.1, -0.05) is 30.3 Å². The first kappa shape index (κ1) is 19.9. The third-order valence-corrected chi connectivity index (χ3v) is 4.41. The second kappa shape index (κ2) is 9.91. The molecule has 142 valence electrons. The third-order valence-electron chi connectivity index (χ3n) is 4.41. The van der Waals surface area contributed by atoms with Gasteiger partial charge in [0.05, 0.1) is 13.1 Å². The van der Waals surface area contributed by atoms with Gasteiger partial charge < -0.3 is 10.2 Å². The van der Waals surface area contributed by atoms with Crippen molar-refractivity contribution in [1.29, 1.82) is 0 Å². The number of aryl methyl sites for hydroxylation is 1. The Morgan fingerprint density at radius 3 is 2.58 bits per heavy atom. The summed E-state index contributed by atoms with van der Waals surface area (Å²) in [7, 11) is 6.07. The average molecular weight is 358 g/mol. The van der Waals surface area contributed by atoms with Crippen molar-refractivity contribution in [3.05, 3.63) is 48.0 Å². The van der Waals surface area contributed by atoms with Crippen LogP contribution in [0.15, 0.2) is 41.7 Å². The molecule has 1 unspecified atom stereocenters. The summed E-state index contributed by atoms with van der Waals surface area (Å²) in [6, 6.07) is 10.9. The minimum atomic E-state index is 0.340. The minimum Gasteiger partial charge on any atom is -0.357 e. The fourth-order valence-corrected chi connectivity index (χ4v) is 2.61. The van der Waals surface area contributed by atoms with Gasteiger partial charge in [-0.3, -0.25) is 14.6 Å². The molecule has 7 nitrogen and oxygen atoms in total. The number of hydrogen-bond acceptors (Lipinski definition) is 4. The van der Waals surface area contributed by atoms with Crippen LogP contribution in [0.4, 0.5) is 0 Å². The van der Waals surface area contributed by atoms with E-state index in [0.29, 0.717) is 12.6 Å². The summed E-state index contributed by atoms with van der Waals surface area (Å²) in [5.74, 6) is 1.79. The Bertz CT molecular complexity index is 680. The largest absolute Gasteiger partial charge is 0.357 e. The van der Waals surface area contributed by atoms with Gasteiger partial charge in [-0.25, -0.2) is 4.98 Å². The first-order valence-corrected chi connectivity index (χ1v) is 9.07. The van der Waals surface area contributed by atoms with E-state index in [2.05, 4.69) is 70.4 Å². The number of hydrogen-bond donors (Lipinski definition) is 1. The quantitative estimate of drug-likeness (QED) is 0.576. The first-order valence-electron chi connectivity index (χ1n) is 9.07. The number of benzene rings is 1. The number of nitrogens with zero attached hydrogens (tertiary/aromatic N) is 6. The van der Waals surface area contributed by atoms with Gasteiger partial charge in [0.15, 0.2) is 5.96 Å². The van der Waals surface area contributed by atoms with E-state index in [1.54, 1.807) is 11.0 Å². The number of likely N-dealkylation sites (N-methyl/N-ethyl adjacent to an activating group) is 1. The van der Waals surface area contributed by atoms with Gasteiger partial charge in [0.25, 0.3) is 0 Å². The predicted molar refractivity (Wildman–Crippen MR) is 106 cm³/mol. The fourth-order valence-electron chi connectivity index (χ4n) is 2.61. The molecule has 0 aliphatic carbocycles. The highest BCUT2D eigenvalue weighted by Crippen LogP contribution is 2.07. The number of aromatic nitrogens is 3. The highest BCUT2D eigenvalue weighted by atomic mass is 15.4. The van der Waals surface area contributed by atoms with Crippen molar-refractivity contribution in [3.63, 3.8) is 0 Å². The van der Waals surface area contributed by atoms with Crippen molar-refractivity contribution in [3.8, 4) is 0 Å². The van der Waals surface area contributed by atoms with E-state index in [9.17, 15) is 0 Å². The zero-order valence-electron chi connectivity index (χ0n) is 16.6. The standard InChI is InChI=1S/C19H31N7/c1-6-20-19(25(4)14-18-22-15-23-26(18)5)21-12-16(2)24(3)13-17-10-8-7-9-11-17/h7-11,15-16H,6,12-14H2,1-5H3,(H,20,21). The Labute approximate surface area is 156 Å². The molecule has 0 aliphatic rings. The number of rotatable bonds is 8. The lowest BCUT2D eigenvalue weighted by Gasteiger charge is -2.25. The highest BCUT2D eigenvalue weighted by Gasteiger charge is 2.13. The second-order valence-corrected chi connectivity index (χ2v) is 6.60. The Hall–Kier alpha value is -2.41. The molecule has 2 rings (SSSR count). The van der Waals surface area contributed by atoms with Crippen molar-refractivity contribution in [2.24, 2.45) is 12.0 Å². The van der Waals surface area contributed by atoms with Gasteiger partial charge in [0.2, 0.25) is 0 Å². The van der Waals surface area contributed by atoms with E-state index in [1.807, 2.05) is 20.2 Å². The molecular weight excluding hydrogens is 326 g/mol. The van der Waals surface area contributed by atoms with Crippen molar-refractivity contribution in [2.75, 3.05) is 27.2 Å². The predicted octanol–water partition coefficient (Wildman–Crippen LogP) is 1.73. The van der Waals surface area contributed by atoms with Crippen molar-refractivity contribution in [2.45, 2.75) is 33.0 Å². The molecule has 0 bridgehead atoms. The maximum Gasteiger partial charge on any atom is 0.194 e. The third kappa shape index (κ3) is 5.84. The summed E-state index contributed by atoms with van der Waals surface area (Å²) in [5, 5.41) is 7.48. The number of nitrogens with one attached hydrogen (secondary N) is 1. The van der Waals surface area contributed by atoms with Crippen LogP contribution in [0.25, 0.3) is 0 Å². The number of aliphatic imine (C=N–C) groups is 1. The average Bonchev–Trinajstić information content (AvgIpc) is 3.03. The topological polar surface area (TPSA) is 61.6 Å². The fraction of sp³-hybridized carbons (Fsp3) is 0.526. The summed E-state index contributed by atoms with van der Waals surface area (Å²) in [4.78, 5) is 13.5. The van der Waals surface area contributed by atoms with Crippen LogP contribution < -0.4 is 5.32 Å². The van der Waals surface area contributed by atoms with Crippen LogP contribution >= 0.6 is 0 Å². The van der Waals surface area contributed by atoms with Gasteiger partial charge in [0.1, 0.15) is 12.2 Å². The van der Waals surface area contributed by atoms with Crippen molar-refractivity contribution < 1.29 is 0 Å². The molecular formula is C19H31N7. The van der Waals surface area contributed by atoms with Gasteiger partial charge in [-0.05, 0) is 26.5 Å². The molecule has 7 heteroatoms. The molecule has 0 saturated carbocycles. The van der Waals surface area contributed by atoms with Crippen LogP contribution in [0.2, 0.25) is 0 Å². The summed E-state index contributed by atoms with van der Waals surface area (Å²) in [5.41, 5.74) is 1.32. The normalized spacial score (nSPS) is 13.1. The van der Waals surface area contributed by atoms with Gasteiger partial charge in [-0.15, -0.1) is 0 Å². The van der Waals surface area contributed by atoms with E-state index in [1.165, 1.54) is 5.56 Å². The van der Waals surface area contributed by atoms with Gasteiger partial charge in [-0.2, -0.15) is 5.10 Å². The lowest BCUT2D eigenvalue weighted by molar-refractivity contribution is 0.254. The molecule has 0 radical (unpaired) electrons. The molecule has 1 aromatic carbocycles. The van der Waals surface area contributed by atoms with E-state index in [0.717, 1.165) is 31.4 Å². The smallest absolute Gasteiger partial charge is 0.194 e. The summed E-state index contributed by atoms with van der Waals surface area (Å²) in [6.45, 7) is 7.43. The zero-order chi connectivity index (χ0) is 18.9. The van der Waals surface area contributed by atoms with Gasteiger partial charge >= 0.3 is 0 Å². The van der Waals surface area contributed by atoms with E-state index in [4.69, 9.17) is 4.99 Å².